The van der Waals surface area contributed by atoms with Crippen molar-refractivity contribution in [2.75, 3.05) is 23.8 Å². The molecule has 0 radical (unpaired) electrons. The smallest absolute Gasteiger partial charge is 0.338 e. The van der Waals surface area contributed by atoms with Crippen molar-refractivity contribution in [1.82, 2.24) is 0 Å². The first kappa shape index (κ1) is 18.4. The van der Waals surface area contributed by atoms with E-state index in [1.165, 1.54) is 0 Å². The van der Waals surface area contributed by atoms with E-state index in [-0.39, 0.29) is 12.2 Å². The second-order valence-electron chi connectivity index (χ2n) is 5.24. The van der Waals surface area contributed by atoms with Crippen LogP contribution in [0.1, 0.15) is 23.7 Å². The van der Waals surface area contributed by atoms with Crippen LogP contribution < -0.4 is 10.6 Å². The van der Waals surface area contributed by atoms with E-state index in [1.54, 1.807) is 24.3 Å². The fourth-order valence-corrected chi connectivity index (χ4v) is 1.97. The number of hydrogen-bond acceptors (Lipinski definition) is 4. The largest absolute Gasteiger partial charge is 0.462 e. The Morgan fingerprint density at radius 1 is 1.08 bits per heavy atom. The van der Waals surface area contributed by atoms with Crippen LogP contribution in [0.3, 0.4) is 0 Å². The maximum absolute atomic E-state index is 13.5. The monoisotopic (exact) mass is 348 g/mol. The van der Waals surface area contributed by atoms with Crippen molar-refractivity contribution in [3.8, 4) is 0 Å². The Bertz CT molecular complexity index is 748. The number of halogens is 2. The standard InChI is InChI=1S/C18H18F2N2O3/c1-2-9-25-18(24)12-3-6-14(7-4-12)21-11-17(23)22-16-10-13(19)5-8-15(16)20/h3-8,10,21H,2,9,11H2,1H3,(H,22,23). The first-order valence-corrected chi connectivity index (χ1v) is 7.75. The third-order valence-electron chi connectivity index (χ3n) is 3.21. The highest BCUT2D eigenvalue weighted by atomic mass is 19.1. The molecule has 25 heavy (non-hydrogen) atoms. The predicted molar refractivity (Wildman–Crippen MR) is 90.5 cm³/mol. The average molecular weight is 348 g/mol. The molecule has 132 valence electrons. The molecular formula is C18H18F2N2O3. The fourth-order valence-electron chi connectivity index (χ4n) is 1.97. The van der Waals surface area contributed by atoms with E-state index >= 15 is 0 Å². The molecule has 5 nitrogen and oxygen atoms in total. The minimum Gasteiger partial charge on any atom is -0.462 e. The summed E-state index contributed by atoms with van der Waals surface area (Å²) in [7, 11) is 0. The van der Waals surface area contributed by atoms with Gasteiger partial charge in [0.25, 0.3) is 0 Å². The van der Waals surface area contributed by atoms with E-state index in [2.05, 4.69) is 10.6 Å². The van der Waals surface area contributed by atoms with E-state index in [9.17, 15) is 18.4 Å². The number of carbonyl (C=O) groups excluding carboxylic acids is 2. The molecule has 2 aromatic rings. The maximum atomic E-state index is 13.5. The van der Waals surface area contributed by atoms with Crippen LogP contribution >= 0.6 is 0 Å². The van der Waals surface area contributed by atoms with Gasteiger partial charge in [-0.15, -0.1) is 0 Å². The number of anilines is 2. The maximum Gasteiger partial charge on any atom is 0.338 e. The molecule has 2 N–H and O–H groups in total. The van der Waals surface area contributed by atoms with Gasteiger partial charge < -0.3 is 15.4 Å². The summed E-state index contributed by atoms with van der Waals surface area (Å²) in [4.78, 5) is 23.5. The minimum absolute atomic E-state index is 0.143. The molecule has 0 spiro atoms. The Morgan fingerprint density at radius 3 is 2.48 bits per heavy atom. The molecule has 0 aliphatic rings. The van der Waals surface area contributed by atoms with Gasteiger partial charge in [-0.1, -0.05) is 6.92 Å². The van der Waals surface area contributed by atoms with Crippen molar-refractivity contribution < 1.29 is 23.1 Å². The lowest BCUT2D eigenvalue weighted by molar-refractivity contribution is -0.114. The number of rotatable bonds is 7. The van der Waals surface area contributed by atoms with E-state index in [4.69, 9.17) is 4.74 Å². The molecule has 0 bridgehead atoms. The van der Waals surface area contributed by atoms with Gasteiger partial charge in [-0.25, -0.2) is 13.6 Å². The lowest BCUT2D eigenvalue weighted by Gasteiger charge is -2.09. The molecule has 2 rings (SSSR count). The summed E-state index contributed by atoms with van der Waals surface area (Å²) in [6.45, 7) is 2.12. The third kappa shape index (κ3) is 5.56. The van der Waals surface area contributed by atoms with Crippen LogP contribution in [0.4, 0.5) is 20.2 Å². The van der Waals surface area contributed by atoms with Crippen LogP contribution in [0.5, 0.6) is 0 Å². The molecule has 1 amide bonds. The van der Waals surface area contributed by atoms with Gasteiger partial charge in [0.1, 0.15) is 11.6 Å². The van der Waals surface area contributed by atoms with Crippen LogP contribution in [0.15, 0.2) is 42.5 Å². The van der Waals surface area contributed by atoms with Gasteiger partial charge in [-0.05, 0) is 42.8 Å². The second-order valence-corrected chi connectivity index (χ2v) is 5.24. The number of carbonyl (C=O) groups is 2. The quantitative estimate of drug-likeness (QED) is 0.751. The molecule has 0 unspecified atom stereocenters. The molecule has 7 heteroatoms. The molecule has 0 aliphatic heterocycles. The first-order valence-electron chi connectivity index (χ1n) is 7.75. The van der Waals surface area contributed by atoms with Crippen molar-refractivity contribution in [2.24, 2.45) is 0 Å². The zero-order valence-corrected chi connectivity index (χ0v) is 13.6. The van der Waals surface area contributed by atoms with E-state index in [1.807, 2.05) is 6.92 Å². The minimum atomic E-state index is -0.718. The lowest BCUT2D eigenvalue weighted by Crippen LogP contribution is -2.22. The number of benzene rings is 2. The summed E-state index contributed by atoms with van der Waals surface area (Å²) in [6, 6.07) is 9.21. The summed E-state index contributed by atoms with van der Waals surface area (Å²) in [6.07, 6.45) is 0.742. The van der Waals surface area contributed by atoms with Gasteiger partial charge in [0, 0.05) is 11.8 Å². The number of esters is 1. The molecule has 2 aromatic carbocycles. The number of nitrogens with one attached hydrogen (secondary N) is 2. The van der Waals surface area contributed by atoms with Crippen LogP contribution in [-0.4, -0.2) is 25.0 Å². The van der Waals surface area contributed by atoms with E-state index < -0.39 is 23.5 Å². The topological polar surface area (TPSA) is 67.4 Å². The number of ether oxygens (including phenoxy) is 1. The SMILES string of the molecule is CCCOC(=O)c1ccc(NCC(=O)Nc2cc(F)ccc2F)cc1. The van der Waals surface area contributed by atoms with Gasteiger partial charge in [0.15, 0.2) is 0 Å². The molecule has 0 saturated carbocycles. The highest BCUT2D eigenvalue weighted by Gasteiger charge is 2.09. The van der Waals surface area contributed by atoms with E-state index in [0.29, 0.717) is 17.9 Å². The van der Waals surface area contributed by atoms with Crippen molar-refractivity contribution in [3.63, 3.8) is 0 Å². The molecule has 0 saturated heterocycles. The molecule has 0 aromatic heterocycles. The van der Waals surface area contributed by atoms with Gasteiger partial charge >= 0.3 is 5.97 Å². The normalized spacial score (nSPS) is 10.2. The van der Waals surface area contributed by atoms with Crippen LogP contribution in [-0.2, 0) is 9.53 Å². The summed E-state index contributed by atoms with van der Waals surface area (Å²) in [5.41, 5.74) is 0.785. The van der Waals surface area contributed by atoms with Gasteiger partial charge in [0.2, 0.25) is 5.91 Å². The molecule has 0 fully saturated rings. The summed E-state index contributed by atoms with van der Waals surface area (Å²) < 4.78 is 31.5. The van der Waals surface area contributed by atoms with Gasteiger partial charge in [-0.2, -0.15) is 0 Å². The highest BCUT2D eigenvalue weighted by molar-refractivity contribution is 5.94. The molecule has 0 aliphatic carbocycles. The fraction of sp³-hybridized carbons (Fsp3) is 0.222. The lowest BCUT2D eigenvalue weighted by atomic mass is 10.2. The first-order chi connectivity index (χ1) is 12.0. The Kier molecular flexibility index (Phi) is 6.45. The third-order valence-corrected chi connectivity index (χ3v) is 3.21. The van der Waals surface area contributed by atoms with E-state index in [0.717, 1.165) is 24.6 Å². The second kappa shape index (κ2) is 8.77. The zero-order valence-electron chi connectivity index (χ0n) is 13.6. The number of hydrogen-bond donors (Lipinski definition) is 2. The summed E-state index contributed by atoms with van der Waals surface area (Å²) in [5.74, 6) is -2.30. The van der Waals surface area contributed by atoms with Crippen molar-refractivity contribution >= 4 is 23.3 Å². The Labute approximate surface area is 144 Å². The number of amides is 1. The van der Waals surface area contributed by atoms with Crippen LogP contribution in [0, 0.1) is 11.6 Å². The van der Waals surface area contributed by atoms with Crippen molar-refractivity contribution in [3.05, 3.63) is 59.7 Å². The highest BCUT2D eigenvalue weighted by Crippen LogP contribution is 2.15. The predicted octanol–water partition coefficient (Wildman–Crippen LogP) is 3.58. The Balaban J connectivity index is 1.87. The molecule has 0 atom stereocenters. The molecule has 0 heterocycles. The molecular weight excluding hydrogens is 330 g/mol. The van der Waals surface area contributed by atoms with Gasteiger partial charge in [0.05, 0.1) is 24.4 Å². The summed E-state index contributed by atoms with van der Waals surface area (Å²) in [5, 5.41) is 5.11. The zero-order chi connectivity index (χ0) is 18.2. The summed E-state index contributed by atoms with van der Waals surface area (Å²) >= 11 is 0. The van der Waals surface area contributed by atoms with Crippen LogP contribution in [0.25, 0.3) is 0 Å². The van der Waals surface area contributed by atoms with Gasteiger partial charge in [-0.3, -0.25) is 4.79 Å². The van der Waals surface area contributed by atoms with Crippen LogP contribution in [0.2, 0.25) is 0 Å². The van der Waals surface area contributed by atoms with Crippen molar-refractivity contribution in [1.29, 1.82) is 0 Å². The Hall–Kier alpha value is -2.96. The Morgan fingerprint density at radius 2 is 1.80 bits per heavy atom. The van der Waals surface area contributed by atoms with Crippen molar-refractivity contribution in [2.45, 2.75) is 13.3 Å². The average Bonchev–Trinajstić information content (AvgIpc) is 2.61.